The Morgan fingerprint density at radius 1 is 0.810 bits per heavy atom. The molecular formula is C18H37NOS. The molecule has 0 aromatic rings. The van der Waals surface area contributed by atoms with Gasteiger partial charge in [-0.05, 0) is 31.3 Å². The van der Waals surface area contributed by atoms with E-state index in [4.69, 9.17) is 0 Å². The van der Waals surface area contributed by atoms with Crippen LogP contribution in [0.1, 0.15) is 90.4 Å². The van der Waals surface area contributed by atoms with Crippen LogP contribution in [-0.2, 0) is 4.79 Å². The zero-order valence-electron chi connectivity index (χ0n) is 14.4. The Bertz CT molecular complexity index is 221. The zero-order chi connectivity index (χ0) is 15.6. The van der Waals surface area contributed by atoms with Gasteiger partial charge in [0.15, 0.2) is 0 Å². The first-order chi connectivity index (χ1) is 10.3. The largest absolute Gasteiger partial charge is 0.356 e. The summed E-state index contributed by atoms with van der Waals surface area (Å²) in [6.07, 6.45) is 18.5. The third-order valence-corrected chi connectivity index (χ3v) is 4.55. The molecule has 0 saturated heterocycles. The maximum atomic E-state index is 11.5. The predicted molar refractivity (Wildman–Crippen MR) is 97.1 cm³/mol. The molecule has 21 heavy (non-hydrogen) atoms. The van der Waals surface area contributed by atoms with E-state index in [9.17, 15) is 4.79 Å². The lowest BCUT2D eigenvalue weighted by Gasteiger charge is -2.05. The van der Waals surface area contributed by atoms with Gasteiger partial charge < -0.3 is 5.32 Å². The summed E-state index contributed by atoms with van der Waals surface area (Å²) in [6, 6.07) is 0. The summed E-state index contributed by atoms with van der Waals surface area (Å²) < 4.78 is 0. The van der Waals surface area contributed by atoms with Crippen LogP contribution in [-0.4, -0.2) is 24.5 Å². The number of hydrogen-bond acceptors (Lipinski definition) is 2. The SMILES string of the molecule is CCCCCCCCCCCCNC(=O)CCCCSC. The average molecular weight is 316 g/mol. The van der Waals surface area contributed by atoms with Crippen molar-refractivity contribution in [3.63, 3.8) is 0 Å². The van der Waals surface area contributed by atoms with Crippen molar-refractivity contribution in [1.29, 1.82) is 0 Å². The van der Waals surface area contributed by atoms with E-state index in [1.54, 1.807) is 0 Å². The quantitative estimate of drug-likeness (QED) is 0.378. The highest BCUT2D eigenvalue weighted by Crippen LogP contribution is 2.10. The maximum absolute atomic E-state index is 11.5. The Balaban J connectivity index is 3.09. The lowest BCUT2D eigenvalue weighted by atomic mass is 10.1. The number of nitrogens with one attached hydrogen (secondary N) is 1. The minimum atomic E-state index is 0.243. The third kappa shape index (κ3) is 17.8. The fourth-order valence-corrected chi connectivity index (χ4v) is 2.95. The molecule has 0 aromatic carbocycles. The van der Waals surface area contributed by atoms with E-state index >= 15 is 0 Å². The van der Waals surface area contributed by atoms with E-state index < -0.39 is 0 Å². The Morgan fingerprint density at radius 2 is 1.38 bits per heavy atom. The fraction of sp³-hybridized carbons (Fsp3) is 0.944. The molecule has 0 radical (unpaired) electrons. The molecule has 0 aromatic heterocycles. The number of hydrogen-bond donors (Lipinski definition) is 1. The van der Waals surface area contributed by atoms with E-state index in [1.165, 1.54) is 63.5 Å². The van der Waals surface area contributed by atoms with Crippen molar-refractivity contribution in [2.75, 3.05) is 18.6 Å². The first-order valence-corrected chi connectivity index (χ1v) is 10.5. The van der Waals surface area contributed by atoms with Gasteiger partial charge >= 0.3 is 0 Å². The Hall–Kier alpha value is -0.180. The molecule has 0 aliphatic carbocycles. The number of carbonyl (C=O) groups is 1. The Labute approximate surface area is 137 Å². The van der Waals surface area contributed by atoms with Crippen LogP contribution in [0.15, 0.2) is 0 Å². The van der Waals surface area contributed by atoms with E-state index in [0.29, 0.717) is 6.42 Å². The van der Waals surface area contributed by atoms with Crippen LogP contribution in [0.25, 0.3) is 0 Å². The fourth-order valence-electron chi connectivity index (χ4n) is 2.46. The first kappa shape index (κ1) is 20.8. The highest BCUT2D eigenvalue weighted by Gasteiger charge is 2.00. The topological polar surface area (TPSA) is 29.1 Å². The normalized spacial score (nSPS) is 10.8. The minimum absolute atomic E-state index is 0.243. The number of unbranched alkanes of at least 4 members (excludes halogenated alkanes) is 10. The number of thioether (sulfide) groups is 1. The molecule has 0 fully saturated rings. The molecule has 1 amide bonds. The van der Waals surface area contributed by atoms with Crippen LogP contribution < -0.4 is 5.32 Å². The van der Waals surface area contributed by atoms with Gasteiger partial charge in [0, 0.05) is 13.0 Å². The highest BCUT2D eigenvalue weighted by atomic mass is 32.2. The molecule has 0 bridgehead atoms. The van der Waals surface area contributed by atoms with Crippen LogP contribution >= 0.6 is 11.8 Å². The van der Waals surface area contributed by atoms with Gasteiger partial charge in [-0.25, -0.2) is 0 Å². The lowest BCUT2D eigenvalue weighted by Crippen LogP contribution is -2.24. The molecule has 0 unspecified atom stereocenters. The summed E-state index contributed by atoms with van der Waals surface area (Å²) in [4.78, 5) is 11.5. The summed E-state index contributed by atoms with van der Waals surface area (Å²) in [6.45, 7) is 3.14. The van der Waals surface area contributed by atoms with Crippen LogP contribution in [0.4, 0.5) is 0 Å². The molecule has 0 rings (SSSR count). The molecule has 0 spiro atoms. The Morgan fingerprint density at radius 3 is 1.95 bits per heavy atom. The van der Waals surface area contributed by atoms with E-state index in [1.807, 2.05) is 11.8 Å². The molecule has 0 atom stereocenters. The summed E-state index contributed by atoms with van der Waals surface area (Å²) in [5.41, 5.74) is 0. The molecule has 0 heterocycles. The van der Waals surface area contributed by atoms with Gasteiger partial charge in [0.05, 0.1) is 0 Å². The van der Waals surface area contributed by atoms with Crippen molar-refractivity contribution < 1.29 is 4.79 Å². The van der Waals surface area contributed by atoms with Gasteiger partial charge in [0.1, 0.15) is 0 Å². The van der Waals surface area contributed by atoms with E-state index in [-0.39, 0.29) is 5.91 Å². The average Bonchev–Trinajstić information content (AvgIpc) is 2.49. The van der Waals surface area contributed by atoms with Gasteiger partial charge in [-0.1, -0.05) is 64.7 Å². The molecule has 1 N–H and O–H groups in total. The molecular weight excluding hydrogens is 278 g/mol. The number of rotatable bonds is 16. The Kier molecular flexibility index (Phi) is 17.7. The monoisotopic (exact) mass is 315 g/mol. The van der Waals surface area contributed by atoms with Crippen molar-refractivity contribution in [3.8, 4) is 0 Å². The second-order valence-corrected chi connectivity index (χ2v) is 6.97. The van der Waals surface area contributed by atoms with E-state index in [2.05, 4.69) is 18.5 Å². The van der Waals surface area contributed by atoms with Crippen molar-refractivity contribution in [2.24, 2.45) is 0 Å². The second kappa shape index (κ2) is 17.9. The molecule has 126 valence electrons. The van der Waals surface area contributed by atoms with E-state index in [0.717, 1.165) is 25.8 Å². The molecule has 3 heteroatoms. The number of carbonyl (C=O) groups excluding carboxylic acids is 1. The van der Waals surface area contributed by atoms with Gasteiger partial charge in [-0.15, -0.1) is 0 Å². The smallest absolute Gasteiger partial charge is 0.219 e. The van der Waals surface area contributed by atoms with Crippen LogP contribution in [0.5, 0.6) is 0 Å². The van der Waals surface area contributed by atoms with Gasteiger partial charge in [0.25, 0.3) is 0 Å². The highest BCUT2D eigenvalue weighted by molar-refractivity contribution is 7.98. The predicted octanol–water partition coefficient (Wildman–Crippen LogP) is 5.56. The van der Waals surface area contributed by atoms with Crippen molar-refractivity contribution in [3.05, 3.63) is 0 Å². The van der Waals surface area contributed by atoms with Gasteiger partial charge in [0.2, 0.25) is 5.91 Å². The van der Waals surface area contributed by atoms with Crippen molar-refractivity contribution in [1.82, 2.24) is 5.32 Å². The minimum Gasteiger partial charge on any atom is -0.356 e. The van der Waals surface area contributed by atoms with Crippen LogP contribution in [0, 0.1) is 0 Å². The van der Waals surface area contributed by atoms with Gasteiger partial charge in [-0.3, -0.25) is 4.79 Å². The standard InChI is InChI=1S/C18H37NOS/c1-3-4-5-6-7-8-9-10-11-13-16-19-18(20)15-12-14-17-21-2/h3-17H2,1-2H3,(H,19,20). The van der Waals surface area contributed by atoms with Crippen molar-refractivity contribution >= 4 is 17.7 Å². The van der Waals surface area contributed by atoms with Crippen LogP contribution in [0.3, 0.4) is 0 Å². The number of amides is 1. The first-order valence-electron chi connectivity index (χ1n) is 9.07. The van der Waals surface area contributed by atoms with Gasteiger partial charge in [-0.2, -0.15) is 11.8 Å². The summed E-state index contributed by atoms with van der Waals surface area (Å²) in [7, 11) is 0. The second-order valence-electron chi connectivity index (χ2n) is 5.98. The van der Waals surface area contributed by atoms with Crippen molar-refractivity contribution in [2.45, 2.75) is 90.4 Å². The molecule has 0 aliphatic rings. The summed E-state index contributed by atoms with van der Waals surface area (Å²) in [5, 5.41) is 3.04. The molecule has 0 aliphatic heterocycles. The molecule has 2 nitrogen and oxygen atoms in total. The summed E-state index contributed by atoms with van der Waals surface area (Å²) in [5.74, 6) is 1.41. The molecule has 0 saturated carbocycles. The zero-order valence-corrected chi connectivity index (χ0v) is 15.2. The lowest BCUT2D eigenvalue weighted by molar-refractivity contribution is -0.121. The van der Waals surface area contributed by atoms with Crippen LogP contribution in [0.2, 0.25) is 0 Å². The summed E-state index contributed by atoms with van der Waals surface area (Å²) >= 11 is 1.86. The third-order valence-electron chi connectivity index (χ3n) is 3.85. The maximum Gasteiger partial charge on any atom is 0.219 e.